The van der Waals surface area contributed by atoms with Crippen LogP contribution in [0, 0.1) is 0 Å². The van der Waals surface area contributed by atoms with Gasteiger partial charge in [-0.2, -0.15) is 0 Å². The Kier molecular flexibility index (Phi) is 3.81. The second-order valence-corrected chi connectivity index (χ2v) is 5.87. The summed E-state index contributed by atoms with van der Waals surface area (Å²) in [5.74, 6) is 1.63. The molecule has 1 saturated carbocycles. The molecule has 3 heteroatoms. The van der Waals surface area contributed by atoms with Gasteiger partial charge in [0.1, 0.15) is 11.3 Å². The standard InChI is InChI=1S/C16H20ClNO/c1-2-8-18-14-5-3-4-13(14)16-10-11-9-12(17)6-7-15(11)19-16/h6-7,9-10,13-14,18H,2-5,8H2,1H3. The molecular formula is C16H20ClNO. The van der Waals surface area contributed by atoms with Crippen LogP contribution in [0.25, 0.3) is 11.0 Å². The molecule has 1 fully saturated rings. The first kappa shape index (κ1) is 13.0. The first-order valence-corrected chi connectivity index (χ1v) is 7.58. The predicted octanol–water partition coefficient (Wildman–Crippen LogP) is 4.72. The zero-order valence-corrected chi connectivity index (χ0v) is 12.0. The number of rotatable bonds is 4. The van der Waals surface area contributed by atoms with Gasteiger partial charge in [0.25, 0.3) is 0 Å². The number of benzene rings is 1. The van der Waals surface area contributed by atoms with Crippen molar-refractivity contribution in [2.75, 3.05) is 6.54 Å². The summed E-state index contributed by atoms with van der Waals surface area (Å²) in [7, 11) is 0. The van der Waals surface area contributed by atoms with Crippen molar-refractivity contribution in [2.45, 2.75) is 44.6 Å². The SMILES string of the molecule is CCCNC1CCCC1c1cc2cc(Cl)ccc2o1. The second kappa shape index (κ2) is 5.56. The Morgan fingerprint density at radius 3 is 3.05 bits per heavy atom. The third kappa shape index (κ3) is 2.65. The van der Waals surface area contributed by atoms with E-state index in [9.17, 15) is 0 Å². The van der Waals surface area contributed by atoms with Crippen molar-refractivity contribution in [3.8, 4) is 0 Å². The van der Waals surface area contributed by atoms with E-state index in [4.69, 9.17) is 16.0 Å². The highest BCUT2D eigenvalue weighted by Gasteiger charge is 2.30. The minimum absolute atomic E-state index is 0.512. The second-order valence-electron chi connectivity index (χ2n) is 5.43. The van der Waals surface area contributed by atoms with E-state index in [1.54, 1.807) is 0 Å². The van der Waals surface area contributed by atoms with E-state index in [1.807, 2.05) is 18.2 Å². The van der Waals surface area contributed by atoms with E-state index < -0.39 is 0 Å². The van der Waals surface area contributed by atoms with Gasteiger partial charge in [0.2, 0.25) is 0 Å². The Bertz CT molecular complexity index is 563. The molecule has 19 heavy (non-hydrogen) atoms. The fourth-order valence-electron chi connectivity index (χ4n) is 3.09. The summed E-state index contributed by atoms with van der Waals surface area (Å²) < 4.78 is 6.02. The molecule has 1 aliphatic rings. The minimum Gasteiger partial charge on any atom is -0.461 e. The normalized spacial score (nSPS) is 23.3. The van der Waals surface area contributed by atoms with Crippen LogP contribution in [-0.2, 0) is 0 Å². The summed E-state index contributed by atoms with van der Waals surface area (Å²) in [6, 6.07) is 8.56. The number of hydrogen-bond acceptors (Lipinski definition) is 2. The lowest BCUT2D eigenvalue weighted by atomic mass is 10.00. The molecule has 0 radical (unpaired) electrons. The fraction of sp³-hybridized carbons (Fsp3) is 0.500. The van der Waals surface area contributed by atoms with E-state index in [1.165, 1.54) is 25.7 Å². The molecule has 1 heterocycles. The first-order chi connectivity index (χ1) is 9.28. The first-order valence-electron chi connectivity index (χ1n) is 7.20. The Labute approximate surface area is 119 Å². The number of fused-ring (bicyclic) bond motifs is 1. The summed E-state index contributed by atoms with van der Waals surface area (Å²) in [6.45, 7) is 3.30. The van der Waals surface area contributed by atoms with Crippen molar-refractivity contribution in [3.63, 3.8) is 0 Å². The van der Waals surface area contributed by atoms with Crippen LogP contribution in [0.2, 0.25) is 5.02 Å². The molecule has 0 saturated heterocycles. The maximum Gasteiger partial charge on any atom is 0.134 e. The van der Waals surface area contributed by atoms with Crippen LogP contribution in [-0.4, -0.2) is 12.6 Å². The molecule has 2 unspecified atom stereocenters. The Morgan fingerprint density at radius 2 is 2.21 bits per heavy atom. The van der Waals surface area contributed by atoms with Gasteiger partial charge in [-0.15, -0.1) is 0 Å². The van der Waals surface area contributed by atoms with Gasteiger partial charge >= 0.3 is 0 Å². The summed E-state index contributed by atoms with van der Waals surface area (Å²) in [6.07, 6.45) is 4.93. The molecule has 1 aromatic heterocycles. The van der Waals surface area contributed by atoms with Crippen LogP contribution in [0.15, 0.2) is 28.7 Å². The summed E-state index contributed by atoms with van der Waals surface area (Å²) in [4.78, 5) is 0. The highest BCUT2D eigenvalue weighted by Crippen LogP contribution is 2.37. The summed E-state index contributed by atoms with van der Waals surface area (Å²) >= 11 is 6.03. The van der Waals surface area contributed by atoms with Crippen LogP contribution in [0.3, 0.4) is 0 Å². The zero-order valence-electron chi connectivity index (χ0n) is 11.3. The molecule has 1 aromatic carbocycles. The number of nitrogens with one attached hydrogen (secondary N) is 1. The third-order valence-electron chi connectivity index (χ3n) is 4.04. The molecule has 0 aliphatic heterocycles. The predicted molar refractivity (Wildman–Crippen MR) is 79.9 cm³/mol. The van der Waals surface area contributed by atoms with Crippen molar-refractivity contribution in [1.29, 1.82) is 0 Å². The van der Waals surface area contributed by atoms with Crippen LogP contribution >= 0.6 is 11.6 Å². The van der Waals surface area contributed by atoms with E-state index >= 15 is 0 Å². The zero-order chi connectivity index (χ0) is 13.2. The largest absolute Gasteiger partial charge is 0.461 e. The average molecular weight is 278 g/mol. The van der Waals surface area contributed by atoms with Gasteiger partial charge in [-0.3, -0.25) is 0 Å². The van der Waals surface area contributed by atoms with Gasteiger partial charge in [0.05, 0.1) is 0 Å². The van der Waals surface area contributed by atoms with Gasteiger partial charge in [-0.1, -0.05) is 24.9 Å². The van der Waals surface area contributed by atoms with E-state index in [2.05, 4.69) is 18.3 Å². The van der Waals surface area contributed by atoms with Crippen molar-refractivity contribution >= 4 is 22.6 Å². The fourth-order valence-corrected chi connectivity index (χ4v) is 3.27. The molecule has 3 rings (SSSR count). The van der Waals surface area contributed by atoms with E-state index in [0.717, 1.165) is 28.3 Å². The molecular weight excluding hydrogens is 258 g/mol. The lowest BCUT2D eigenvalue weighted by Gasteiger charge is -2.18. The number of halogens is 1. The summed E-state index contributed by atoms with van der Waals surface area (Å²) in [5.41, 5.74) is 0.945. The van der Waals surface area contributed by atoms with Crippen molar-refractivity contribution < 1.29 is 4.42 Å². The van der Waals surface area contributed by atoms with Crippen molar-refractivity contribution in [1.82, 2.24) is 5.32 Å². The van der Waals surface area contributed by atoms with Crippen LogP contribution in [0.1, 0.15) is 44.3 Å². The summed E-state index contributed by atoms with van der Waals surface area (Å²) in [5, 5.41) is 5.53. The Hall–Kier alpha value is -0.990. The molecule has 0 bridgehead atoms. The Morgan fingerprint density at radius 1 is 1.32 bits per heavy atom. The monoisotopic (exact) mass is 277 g/mol. The maximum atomic E-state index is 6.03. The van der Waals surface area contributed by atoms with Gasteiger partial charge < -0.3 is 9.73 Å². The molecule has 2 aromatic rings. The minimum atomic E-state index is 0.512. The number of hydrogen-bond donors (Lipinski definition) is 1. The highest BCUT2D eigenvalue weighted by atomic mass is 35.5. The van der Waals surface area contributed by atoms with Gasteiger partial charge in [0, 0.05) is 22.4 Å². The molecule has 2 nitrogen and oxygen atoms in total. The maximum absolute atomic E-state index is 6.03. The lowest BCUT2D eigenvalue weighted by molar-refractivity contribution is 0.416. The molecule has 102 valence electrons. The third-order valence-corrected chi connectivity index (χ3v) is 4.27. The number of furan rings is 1. The van der Waals surface area contributed by atoms with Gasteiger partial charge in [-0.05, 0) is 50.1 Å². The van der Waals surface area contributed by atoms with Crippen LogP contribution in [0.5, 0.6) is 0 Å². The average Bonchev–Trinajstić information content (AvgIpc) is 3.01. The van der Waals surface area contributed by atoms with Crippen LogP contribution < -0.4 is 5.32 Å². The molecule has 2 atom stereocenters. The quantitative estimate of drug-likeness (QED) is 0.875. The van der Waals surface area contributed by atoms with Gasteiger partial charge in [-0.25, -0.2) is 0 Å². The smallest absolute Gasteiger partial charge is 0.134 e. The Balaban J connectivity index is 1.86. The van der Waals surface area contributed by atoms with Crippen molar-refractivity contribution in [3.05, 3.63) is 35.0 Å². The molecule has 1 N–H and O–H groups in total. The molecule has 0 amide bonds. The topological polar surface area (TPSA) is 25.2 Å². The molecule has 1 aliphatic carbocycles. The van der Waals surface area contributed by atoms with Gasteiger partial charge in [0.15, 0.2) is 0 Å². The highest BCUT2D eigenvalue weighted by molar-refractivity contribution is 6.31. The van der Waals surface area contributed by atoms with Crippen LogP contribution in [0.4, 0.5) is 0 Å². The van der Waals surface area contributed by atoms with E-state index in [0.29, 0.717) is 12.0 Å². The lowest BCUT2D eigenvalue weighted by Crippen LogP contribution is -2.31. The molecule has 0 spiro atoms. The van der Waals surface area contributed by atoms with Crippen molar-refractivity contribution in [2.24, 2.45) is 0 Å². The van der Waals surface area contributed by atoms with E-state index in [-0.39, 0.29) is 0 Å².